The molecule has 1 aromatic carbocycles. The lowest BCUT2D eigenvalue weighted by Crippen LogP contribution is -2.37. The van der Waals surface area contributed by atoms with Gasteiger partial charge in [-0.25, -0.2) is 23.1 Å². The fraction of sp³-hybridized carbons (Fsp3) is 0.409. The van der Waals surface area contributed by atoms with Gasteiger partial charge in [-0.05, 0) is 63.1 Å². The van der Waals surface area contributed by atoms with Gasteiger partial charge < -0.3 is 10.5 Å². The smallest absolute Gasteiger partial charge is 0.240 e. The molecule has 0 unspecified atom stereocenters. The van der Waals surface area contributed by atoms with Crippen molar-refractivity contribution >= 4 is 27.3 Å². The van der Waals surface area contributed by atoms with Gasteiger partial charge >= 0.3 is 0 Å². The van der Waals surface area contributed by atoms with Gasteiger partial charge in [0.15, 0.2) is 11.5 Å². The number of carbonyl (C=O) groups excluding carboxylic acids is 1. The largest absolute Gasteiger partial charge is 0.381 e. The Hall–Kier alpha value is -2.78. The van der Waals surface area contributed by atoms with Gasteiger partial charge in [-0.2, -0.15) is 0 Å². The normalized spacial score (nSPS) is 19.5. The average Bonchev–Trinajstić information content (AvgIpc) is 3.14. The Balaban J connectivity index is 1.57. The van der Waals surface area contributed by atoms with Crippen LogP contribution in [-0.4, -0.2) is 34.6 Å². The minimum atomic E-state index is -3.68. The summed E-state index contributed by atoms with van der Waals surface area (Å²) < 4.78 is 30.9. The van der Waals surface area contributed by atoms with Gasteiger partial charge in [0.05, 0.1) is 16.8 Å². The van der Waals surface area contributed by atoms with Crippen LogP contribution in [0.5, 0.6) is 0 Å². The Kier molecular flexibility index (Phi) is 5.81. The van der Waals surface area contributed by atoms with Crippen LogP contribution in [0.2, 0.25) is 0 Å². The van der Waals surface area contributed by atoms with Gasteiger partial charge in [0.25, 0.3) is 0 Å². The van der Waals surface area contributed by atoms with Crippen LogP contribution in [0, 0.1) is 12.8 Å². The number of nitrogens with zero attached hydrogens (tertiary/aromatic N) is 3. The maximum atomic E-state index is 13.1. The second-order valence-corrected chi connectivity index (χ2v) is 10.1. The van der Waals surface area contributed by atoms with Crippen LogP contribution in [-0.2, 0) is 14.8 Å². The number of benzene rings is 1. The van der Waals surface area contributed by atoms with Crippen LogP contribution in [0.4, 0.5) is 5.82 Å². The van der Waals surface area contributed by atoms with Crippen LogP contribution in [0.1, 0.15) is 44.6 Å². The number of aryl methyl sites for hydroxylation is 1. The lowest BCUT2D eigenvalue weighted by atomic mass is 9.84. The number of fused-ring (bicyclic) bond motifs is 1. The highest BCUT2D eigenvalue weighted by Gasteiger charge is 2.27. The van der Waals surface area contributed by atoms with Gasteiger partial charge in [0, 0.05) is 30.4 Å². The standard InChI is InChI=1S/C22H27N5O3S/c1-14-3-8-18(12-19(14)20-13-25-22-21(23)24-9-10-27(20)22)31(29,30)26-17-6-4-16(5-7-17)11-15(2)28/h3,8-10,12-13,16-17,26H,4-7,11H2,1-2H3,(H2,23,24). The number of aromatic nitrogens is 3. The van der Waals surface area contributed by atoms with E-state index in [9.17, 15) is 13.2 Å². The molecule has 164 valence electrons. The van der Waals surface area contributed by atoms with E-state index in [-0.39, 0.29) is 16.7 Å². The zero-order valence-corrected chi connectivity index (χ0v) is 18.5. The van der Waals surface area contributed by atoms with Crippen molar-refractivity contribution in [2.24, 2.45) is 5.92 Å². The Morgan fingerprint density at radius 3 is 2.68 bits per heavy atom. The maximum absolute atomic E-state index is 13.1. The zero-order valence-electron chi connectivity index (χ0n) is 17.7. The molecule has 3 aromatic rings. The summed E-state index contributed by atoms with van der Waals surface area (Å²) in [7, 11) is -3.68. The van der Waals surface area contributed by atoms with Crippen LogP contribution in [0.15, 0.2) is 41.7 Å². The summed E-state index contributed by atoms with van der Waals surface area (Å²) in [6, 6.07) is 5.00. The Morgan fingerprint density at radius 2 is 1.97 bits per heavy atom. The number of anilines is 1. The summed E-state index contributed by atoms with van der Waals surface area (Å²) in [5, 5.41) is 0. The van der Waals surface area contributed by atoms with E-state index in [0.29, 0.717) is 23.8 Å². The Morgan fingerprint density at radius 1 is 1.23 bits per heavy atom. The number of rotatable bonds is 6. The topological polar surface area (TPSA) is 119 Å². The molecule has 2 aromatic heterocycles. The van der Waals surface area contributed by atoms with E-state index in [4.69, 9.17) is 5.73 Å². The molecule has 1 fully saturated rings. The summed E-state index contributed by atoms with van der Waals surface area (Å²) in [4.78, 5) is 19.9. The fourth-order valence-corrected chi connectivity index (χ4v) is 5.69. The molecule has 0 amide bonds. The molecule has 31 heavy (non-hydrogen) atoms. The Labute approximate surface area is 182 Å². The quantitative estimate of drug-likeness (QED) is 0.607. The molecular weight excluding hydrogens is 414 g/mol. The molecule has 2 heterocycles. The molecule has 0 aliphatic heterocycles. The van der Waals surface area contributed by atoms with Crippen molar-refractivity contribution in [1.29, 1.82) is 0 Å². The third-order valence-corrected chi connectivity index (χ3v) is 7.51. The summed E-state index contributed by atoms with van der Waals surface area (Å²) in [6.45, 7) is 3.54. The highest BCUT2D eigenvalue weighted by molar-refractivity contribution is 7.89. The van der Waals surface area contributed by atoms with Crippen molar-refractivity contribution in [3.63, 3.8) is 0 Å². The van der Waals surface area contributed by atoms with Crippen LogP contribution in [0.3, 0.4) is 0 Å². The maximum Gasteiger partial charge on any atom is 0.240 e. The van der Waals surface area contributed by atoms with Crippen molar-refractivity contribution in [3.05, 3.63) is 42.4 Å². The number of imidazole rings is 1. The number of nitrogens with one attached hydrogen (secondary N) is 1. The second-order valence-electron chi connectivity index (χ2n) is 8.37. The number of nitrogen functional groups attached to an aromatic ring is 1. The fourth-order valence-electron chi connectivity index (χ4n) is 4.36. The van der Waals surface area contributed by atoms with E-state index >= 15 is 0 Å². The van der Waals surface area contributed by atoms with Crippen LogP contribution < -0.4 is 10.5 Å². The molecule has 1 saturated carbocycles. The minimum Gasteiger partial charge on any atom is -0.381 e. The lowest BCUT2D eigenvalue weighted by molar-refractivity contribution is -0.118. The van der Waals surface area contributed by atoms with Gasteiger partial charge in [0.1, 0.15) is 5.78 Å². The molecule has 0 bridgehead atoms. The van der Waals surface area contributed by atoms with Crippen molar-refractivity contribution in [3.8, 4) is 11.3 Å². The SMILES string of the molecule is CC(=O)CC1CCC(NS(=O)(=O)c2ccc(C)c(-c3cnc4c(N)nccn34)c2)CC1. The molecular formula is C22H27N5O3S. The molecule has 4 rings (SSSR count). The van der Waals surface area contributed by atoms with Crippen LogP contribution >= 0.6 is 0 Å². The van der Waals surface area contributed by atoms with Gasteiger partial charge in [-0.3, -0.25) is 4.40 Å². The predicted octanol–water partition coefficient (Wildman–Crippen LogP) is 3.10. The molecule has 0 atom stereocenters. The van der Waals surface area contributed by atoms with Gasteiger partial charge in [0.2, 0.25) is 10.0 Å². The van der Waals surface area contributed by atoms with Crippen molar-refractivity contribution in [1.82, 2.24) is 19.1 Å². The van der Waals surface area contributed by atoms with Crippen molar-refractivity contribution < 1.29 is 13.2 Å². The van der Waals surface area contributed by atoms with E-state index in [1.807, 2.05) is 11.3 Å². The minimum absolute atomic E-state index is 0.111. The van der Waals surface area contributed by atoms with E-state index in [1.54, 1.807) is 43.7 Å². The zero-order chi connectivity index (χ0) is 22.2. The van der Waals surface area contributed by atoms with Crippen LogP contribution in [0.25, 0.3) is 16.9 Å². The van der Waals surface area contributed by atoms with Crippen molar-refractivity contribution in [2.45, 2.75) is 56.9 Å². The lowest BCUT2D eigenvalue weighted by Gasteiger charge is -2.28. The number of Topliss-reactive ketones (excluding diaryl/α,β-unsaturated/α-hetero) is 1. The molecule has 0 spiro atoms. The summed E-state index contributed by atoms with van der Waals surface area (Å²) in [5.74, 6) is 0.875. The van der Waals surface area contributed by atoms with Crippen molar-refractivity contribution in [2.75, 3.05) is 5.73 Å². The summed E-state index contributed by atoms with van der Waals surface area (Å²) >= 11 is 0. The first kappa shape index (κ1) is 21.5. The highest BCUT2D eigenvalue weighted by atomic mass is 32.2. The number of sulfonamides is 1. The number of carbonyl (C=O) groups is 1. The van der Waals surface area contributed by atoms with E-state index < -0.39 is 10.0 Å². The molecule has 0 radical (unpaired) electrons. The van der Waals surface area contributed by atoms with E-state index in [2.05, 4.69) is 14.7 Å². The first-order valence-electron chi connectivity index (χ1n) is 10.4. The second kappa shape index (κ2) is 8.39. The molecule has 0 saturated heterocycles. The first-order chi connectivity index (χ1) is 14.7. The number of hydrogen-bond acceptors (Lipinski definition) is 6. The Bertz CT molecular complexity index is 1230. The molecule has 1 aliphatic carbocycles. The summed E-state index contributed by atoms with van der Waals surface area (Å²) in [6.07, 6.45) is 8.83. The van der Waals surface area contributed by atoms with Gasteiger partial charge in [-0.1, -0.05) is 6.07 Å². The first-order valence-corrected chi connectivity index (χ1v) is 11.9. The molecule has 8 nitrogen and oxygen atoms in total. The van der Waals surface area contributed by atoms with Gasteiger partial charge in [-0.15, -0.1) is 0 Å². The highest BCUT2D eigenvalue weighted by Crippen LogP contribution is 2.30. The monoisotopic (exact) mass is 441 g/mol. The number of hydrogen-bond donors (Lipinski definition) is 2. The molecule has 1 aliphatic rings. The summed E-state index contributed by atoms with van der Waals surface area (Å²) in [5.41, 5.74) is 8.89. The van der Waals surface area contributed by atoms with E-state index in [0.717, 1.165) is 42.5 Å². The third-order valence-electron chi connectivity index (χ3n) is 6.00. The molecule has 9 heteroatoms. The number of nitrogens with two attached hydrogens (primary N) is 1. The molecule has 3 N–H and O–H groups in total. The third kappa shape index (κ3) is 4.47. The predicted molar refractivity (Wildman–Crippen MR) is 119 cm³/mol. The average molecular weight is 442 g/mol. The number of ketones is 1. The van der Waals surface area contributed by atoms with E-state index in [1.165, 1.54) is 0 Å².